The van der Waals surface area contributed by atoms with Crippen molar-refractivity contribution in [3.05, 3.63) is 35.1 Å². The largest absolute Gasteiger partial charge is 0.365 e. The van der Waals surface area contributed by atoms with Gasteiger partial charge in [0, 0.05) is 19.1 Å². The number of hydrogen-bond acceptors (Lipinski definition) is 3. The fourth-order valence-electron chi connectivity index (χ4n) is 2.47. The predicted molar refractivity (Wildman–Crippen MR) is 72.9 cm³/mol. The molecule has 20 heavy (non-hydrogen) atoms. The van der Waals surface area contributed by atoms with Crippen LogP contribution in [-0.4, -0.2) is 54.8 Å². The van der Waals surface area contributed by atoms with E-state index in [1.165, 1.54) is 12.1 Å². The lowest BCUT2D eigenvalue weighted by Gasteiger charge is -2.21. The van der Waals surface area contributed by atoms with Crippen LogP contribution in [0.5, 0.6) is 0 Å². The molecule has 108 valence electrons. The molecule has 1 saturated heterocycles. The van der Waals surface area contributed by atoms with Gasteiger partial charge in [-0.3, -0.25) is 9.59 Å². The van der Waals surface area contributed by atoms with E-state index in [1.807, 2.05) is 19.0 Å². The number of rotatable bonds is 3. The number of likely N-dealkylation sites (tertiary alicyclic amines) is 1. The third kappa shape index (κ3) is 2.65. The Balaban J connectivity index is 2.27. The minimum absolute atomic E-state index is 0.0388. The SMILES string of the molecule is CN(C)C1CCN(C(=O)c2cccc(F)c2C(N)=O)C1. The number of hydrogen-bond donors (Lipinski definition) is 1. The van der Waals surface area contributed by atoms with Gasteiger partial charge in [-0.25, -0.2) is 4.39 Å². The lowest BCUT2D eigenvalue weighted by molar-refractivity contribution is 0.0776. The van der Waals surface area contributed by atoms with E-state index >= 15 is 0 Å². The van der Waals surface area contributed by atoms with Gasteiger partial charge in [-0.15, -0.1) is 0 Å². The summed E-state index contributed by atoms with van der Waals surface area (Å²) < 4.78 is 13.7. The molecule has 0 bridgehead atoms. The van der Waals surface area contributed by atoms with E-state index in [9.17, 15) is 14.0 Å². The van der Waals surface area contributed by atoms with Crippen LogP contribution < -0.4 is 5.73 Å². The van der Waals surface area contributed by atoms with Crippen molar-refractivity contribution in [1.29, 1.82) is 0 Å². The number of primary amides is 1. The van der Waals surface area contributed by atoms with E-state index in [1.54, 1.807) is 4.90 Å². The van der Waals surface area contributed by atoms with Crippen LogP contribution in [0.4, 0.5) is 4.39 Å². The number of carbonyl (C=O) groups excluding carboxylic acids is 2. The molecule has 0 saturated carbocycles. The highest BCUT2D eigenvalue weighted by Gasteiger charge is 2.30. The quantitative estimate of drug-likeness (QED) is 0.885. The van der Waals surface area contributed by atoms with Crippen LogP contribution >= 0.6 is 0 Å². The first-order chi connectivity index (χ1) is 9.41. The molecule has 1 atom stereocenters. The van der Waals surface area contributed by atoms with Gasteiger partial charge in [0.1, 0.15) is 5.82 Å². The molecule has 1 heterocycles. The maximum Gasteiger partial charge on any atom is 0.254 e. The van der Waals surface area contributed by atoms with Gasteiger partial charge in [-0.1, -0.05) is 6.07 Å². The number of likely N-dealkylation sites (N-methyl/N-ethyl adjacent to an activating group) is 1. The minimum Gasteiger partial charge on any atom is -0.365 e. The topological polar surface area (TPSA) is 66.6 Å². The molecule has 5 nitrogen and oxygen atoms in total. The maximum atomic E-state index is 13.7. The zero-order valence-corrected chi connectivity index (χ0v) is 11.6. The van der Waals surface area contributed by atoms with Crippen molar-refractivity contribution in [2.75, 3.05) is 27.2 Å². The molecule has 0 spiro atoms. The van der Waals surface area contributed by atoms with Crippen LogP contribution in [0, 0.1) is 5.82 Å². The number of benzene rings is 1. The molecule has 2 N–H and O–H groups in total. The van der Waals surface area contributed by atoms with E-state index in [0.29, 0.717) is 13.1 Å². The Morgan fingerprint density at radius 1 is 1.40 bits per heavy atom. The van der Waals surface area contributed by atoms with Gasteiger partial charge in [0.05, 0.1) is 11.1 Å². The second-order valence-electron chi connectivity index (χ2n) is 5.18. The molecule has 0 aromatic heterocycles. The van der Waals surface area contributed by atoms with Crippen LogP contribution in [0.15, 0.2) is 18.2 Å². The first-order valence-electron chi connectivity index (χ1n) is 6.46. The Morgan fingerprint density at radius 2 is 2.10 bits per heavy atom. The van der Waals surface area contributed by atoms with Gasteiger partial charge < -0.3 is 15.5 Å². The maximum absolute atomic E-state index is 13.7. The van der Waals surface area contributed by atoms with E-state index < -0.39 is 11.7 Å². The third-order valence-corrected chi connectivity index (χ3v) is 3.67. The molecule has 2 rings (SSSR count). The Labute approximate surface area is 117 Å². The van der Waals surface area contributed by atoms with Crippen LogP contribution in [0.1, 0.15) is 27.1 Å². The number of nitrogens with zero attached hydrogens (tertiary/aromatic N) is 2. The molecule has 0 radical (unpaired) electrons. The summed E-state index contributed by atoms with van der Waals surface area (Å²) >= 11 is 0. The minimum atomic E-state index is -0.921. The Bertz CT molecular complexity index is 545. The van der Waals surface area contributed by atoms with E-state index in [-0.39, 0.29) is 23.1 Å². The summed E-state index contributed by atoms with van der Waals surface area (Å²) in [7, 11) is 3.91. The number of nitrogens with two attached hydrogens (primary N) is 1. The summed E-state index contributed by atoms with van der Waals surface area (Å²) in [5.74, 6) is -2.02. The van der Waals surface area contributed by atoms with Crippen LogP contribution in [-0.2, 0) is 0 Å². The Morgan fingerprint density at radius 3 is 2.65 bits per heavy atom. The van der Waals surface area contributed by atoms with E-state index in [2.05, 4.69) is 0 Å². The fourth-order valence-corrected chi connectivity index (χ4v) is 2.47. The lowest BCUT2D eigenvalue weighted by atomic mass is 10.1. The summed E-state index contributed by atoms with van der Waals surface area (Å²) in [4.78, 5) is 27.4. The molecule has 1 aliphatic rings. The zero-order valence-electron chi connectivity index (χ0n) is 11.6. The summed E-state index contributed by atoms with van der Waals surface area (Å²) in [6.45, 7) is 1.16. The third-order valence-electron chi connectivity index (χ3n) is 3.67. The molecular formula is C14H18FN3O2. The van der Waals surface area contributed by atoms with Crippen LogP contribution in [0.3, 0.4) is 0 Å². The monoisotopic (exact) mass is 279 g/mol. The smallest absolute Gasteiger partial charge is 0.254 e. The average molecular weight is 279 g/mol. The average Bonchev–Trinajstić information content (AvgIpc) is 2.86. The molecule has 1 aromatic rings. The van der Waals surface area contributed by atoms with E-state index in [0.717, 1.165) is 12.5 Å². The standard InChI is InChI=1S/C14H18FN3O2/c1-17(2)9-6-7-18(8-9)14(20)10-4-3-5-11(15)12(10)13(16)19/h3-5,9H,6-8H2,1-2H3,(H2,16,19). The summed E-state index contributed by atoms with van der Waals surface area (Å²) in [5, 5.41) is 0. The van der Waals surface area contributed by atoms with Crippen molar-refractivity contribution < 1.29 is 14.0 Å². The highest BCUT2D eigenvalue weighted by Crippen LogP contribution is 2.20. The highest BCUT2D eigenvalue weighted by molar-refractivity contribution is 6.06. The number of carbonyl (C=O) groups is 2. The highest BCUT2D eigenvalue weighted by atomic mass is 19.1. The number of amides is 2. The molecule has 1 aliphatic heterocycles. The van der Waals surface area contributed by atoms with Crippen molar-refractivity contribution in [3.63, 3.8) is 0 Å². The van der Waals surface area contributed by atoms with Crippen molar-refractivity contribution in [3.8, 4) is 0 Å². The molecule has 1 unspecified atom stereocenters. The zero-order chi connectivity index (χ0) is 14.9. The van der Waals surface area contributed by atoms with Gasteiger partial charge in [-0.05, 0) is 32.6 Å². The normalized spacial score (nSPS) is 18.6. The Hall–Kier alpha value is -1.95. The molecule has 6 heteroatoms. The molecule has 2 amide bonds. The van der Waals surface area contributed by atoms with Gasteiger partial charge in [-0.2, -0.15) is 0 Å². The van der Waals surface area contributed by atoms with Gasteiger partial charge in [0.15, 0.2) is 0 Å². The second-order valence-corrected chi connectivity index (χ2v) is 5.18. The molecular weight excluding hydrogens is 261 g/mol. The lowest BCUT2D eigenvalue weighted by Crippen LogP contribution is -2.35. The van der Waals surface area contributed by atoms with Gasteiger partial charge in [0.2, 0.25) is 0 Å². The van der Waals surface area contributed by atoms with Crippen molar-refractivity contribution >= 4 is 11.8 Å². The summed E-state index contributed by atoms with van der Waals surface area (Å²) in [6, 6.07) is 4.26. The number of halogens is 1. The van der Waals surface area contributed by atoms with Crippen molar-refractivity contribution in [2.45, 2.75) is 12.5 Å². The molecule has 1 fully saturated rings. The predicted octanol–water partition coefficient (Wildman–Crippen LogP) is 0.701. The first-order valence-corrected chi connectivity index (χ1v) is 6.46. The van der Waals surface area contributed by atoms with Gasteiger partial charge >= 0.3 is 0 Å². The van der Waals surface area contributed by atoms with Crippen molar-refractivity contribution in [1.82, 2.24) is 9.80 Å². The van der Waals surface area contributed by atoms with Crippen LogP contribution in [0.25, 0.3) is 0 Å². The summed E-state index contributed by atoms with van der Waals surface area (Å²) in [6.07, 6.45) is 0.861. The fraction of sp³-hybridized carbons (Fsp3) is 0.429. The second kappa shape index (κ2) is 5.58. The first kappa shape index (κ1) is 14.5. The molecule has 0 aliphatic carbocycles. The van der Waals surface area contributed by atoms with Crippen LogP contribution in [0.2, 0.25) is 0 Å². The molecule has 1 aromatic carbocycles. The summed E-state index contributed by atoms with van der Waals surface area (Å²) in [5.41, 5.74) is 4.88. The van der Waals surface area contributed by atoms with E-state index in [4.69, 9.17) is 5.73 Å². The van der Waals surface area contributed by atoms with Crippen molar-refractivity contribution in [2.24, 2.45) is 5.73 Å². The Kier molecular flexibility index (Phi) is 4.04. The van der Waals surface area contributed by atoms with Gasteiger partial charge in [0.25, 0.3) is 11.8 Å².